The Morgan fingerprint density at radius 1 is 1.03 bits per heavy atom. The van der Waals surface area contributed by atoms with Crippen molar-refractivity contribution in [3.63, 3.8) is 0 Å². The fourth-order valence-electron chi connectivity index (χ4n) is 4.47. The summed E-state index contributed by atoms with van der Waals surface area (Å²) >= 11 is 0. The molecule has 4 N–H and O–H groups in total. The molecular formula is C26H32N4O5Y-2. The van der Waals surface area contributed by atoms with Crippen LogP contribution >= 0.6 is 0 Å². The van der Waals surface area contributed by atoms with Crippen LogP contribution in [0.1, 0.15) is 60.0 Å². The number of benzene rings is 2. The summed E-state index contributed by atoms with van der Waals surface area (Å²) in [5.74, 6) is 0.0453. The van der Waals surface area contributed by atoms with E-state index >= 15 is 0 Å². The quantitative estimate of drug-likeness (QED) is 0.528. The van der Waals surface area contributed by atoms with E-state index in [-0.39, 0.29) is 57.5 Å². The van der Waals surface area contributed by atoms with Crippen molar-refractivity contribution in [3.05, 3.63) is 70.6 Å². The molecule has 9 nitrogen and oxygen atoms in total. The van der Waals surface area contributed by atoms with Gasteiger partial charge in [0.05, 0.1) is 6.10 Å². The van der Waals surface area contributed by atoms with Crippen LogP contribution in [0.4, 0.5) is 5.69 Å². The van der Waals surface area contributed by atoms with Crippen molar-refractivity contribution in [2.24, 2.45) is 0 Å². The molecule has 2 heterocycles. The van der Waals surface area contributed by atoms with E-state index in [0.29, 0.717) is 30.3 Å². The summed E-state index contributed by atoms with van der Waals surface area (Å²) in [6, 6.07) is 12.0. The van der Waals surface area contributed by atoms with E-state index in [1.807, 2.05) is 18.2 Å². The maximum atomic E-state index is 12.3. The van der Waals surface area contributed by atoms with Crippen molar-refractivity contribution in [1.29, 1.82) is 0 Å². The molecule has 10 heteroatoms. The smallest absolute Gasteiger partial charge is 0.255 e. The van der Waals surface area contributed by atoms with Gasteiger partial charge >= 0.3 is 0 Å². The predicted octanol–water partition coefficient (Wildman–Crippen LogP) is 4.30. The summed E-state index contributed by atoms with van der Waals surface area (Å²) in [4.78, 5) is 36.9. The Bertz CT molecular complexity index is 1040. The summed E-state index contributed by atoms with van der Waals surface area (Å²) in [5.41, 5.74) is 17.5. The molecule has 0 aromatic heterocycles. The van der Waals surface area contributed by atoms with Crippen LogP contribution in [-0.4, -0.2) is 47.0 Å². The van der Waals surface area contributed by atoms with Crippen LogP contribution in [0, 0.1) is 0 Å². The Morgan fingerprint density at radius 3 is 2.31 bits per heavy atom. The number of fused-ring (bicyclic) bond motifs is 1. The minimum Gasteiger partial charge on any atom is -0.699 e. The number of nitrogens with one attached hydrogen (secondary N) is 3. The molecule has 5 rings (SSSR count). The second kappa shape index (κ2) is 14.4. The maximum Gasteiger partial charge on any atom is 0.255 e. The molecule has 0 spiro atoms. The van der Waals surface area contributed by atoms with Gasteiger partial charge < -0.3 is 26.2 Å². The van der Waals surface area contributed by atoms with Gasteiger partial charge in [-0.05, 0) is 55.9 Å². The second-order valence-corrected chi connectivity index (χ2v) is 8.62. The monoisotopic (exact) mass is 569 g/mol. The van der Waals surface area contributed by atoms with E-state index in [0.717, 1.165) is 24.0 Å². The number of aliphatic hydroxyl groups excluding tert-OH is 1. The van der Waals surface area contributed by atoms with Gasteiger partial charge in [0.1, 0.15) is 11.8 Å². The Kier molecular flexibility index (Phi) is 12.0. The number of imide groups is 1. The number of aliphatic hydroxyl groups is 1. The second-order valence-electron chi connectivity index (χ2n) is 8.62. The van der Waals surface area contributed by atoms with Crippen LogP contribution < -0.4 is 10.1 Å². The van der Waals surface area contributed by atoms with Crippen LogP contribution in [0.5, 0.6) is 5.75 Å². The summed E-state index contributed by atoms with van der Waals surface area (Å²) < 4.78 is 5.75. The van der Waals surface area contributed by atoms with E-state index in [2.05, 4.69) is 5.32 Å². The molecule has 3 aliphatic rings. The van der Waals surface area contributed by atoms with Gasteiger partial charge in [-0.3, -0.25) is 19.7 Å². The molecule has 1 aliphatic carbocycles. The first-order valence-electron chi connectivity index (χ1n) is 11.8. The third-order valence-electron chi connectivity index (χ3n) is 6.25. The first kappa shape index (κ1) is 29.9. The van der Waals surface area contributed by atoms with Gasteiger partial charge in [-0.2, -0.15) is 0 Å². The molecule has 2 fully saturated rings. The van der Waals surface area contributed by atoms with Crippen molar-refractivity contribution in [1.82, 2.24) is 10.2 Å². The van der Waals surface area contributed by atoms with Gasteiger partial charge in [-0.1, -0.05) is 29.8 Å². The SMILES string of the molecule is CO.[NH-]Cc1ccc2c(c1)CN(C1CCC(=O)NC1=O)C2=O.[NH-]c1ccc(OC2CCCC2)cc1.[Y]. The van der Waals surface area contributed by atoms with Crippen LogP contribution in [0.25, 0.3) is 11.5 Å². The first-order valence-corrected chi connectivity index (χ1v) is 11.8. The van der Waals surface area contributed by atoms with Crippen molar-refractivity contribution < 1.29 is 56.9 Å². The molecule has 3 amide bonds. The molecular weight excluding hydrogens is 537 g/mol. The number of carbonyl (C=O) groups is 3. The van der Waals surface area contributed by atoms with Gasteiger partial charge in [0.15, 0.2) is 0 Å². The number of rotatable bonds is 4. The third kappa shape index (κ3) is 7.59. The van der Waals surface area contributed by atoms with Crippen LogP contribution in [0.3, 0.4) is 0 Å². The van der Waals surface area contributed by atoms with Gasteiger partial charge in [0.2, 0.25) is 11.8 Å². The van der Waals surface area contributed by atoms with Crippen LogP contribution in [-0.2, 0) is 55.4 Å². The molecule has 1 radical (unpaired) electrons. The molecule has 0 bridgehead atoms. The summed E-state index contributed by atoms with van der Waals surface area (Å²) in [5, 5.41) is 9.27. The normalized spacial score (nSPS) is 18.7. The summed E-state index contributed by atoms with van der Waals surface area (Å²) in [7, 11) is 1.00. The fraction of sp³-hybridized carbons (Fsp3) is 0.423. The molecule has 191 valence electrons. The third-order valence-corrected chi connectivity index (χ3v) is 6.25. The Balaban J connectivity index is 0.000000248. The summed E-state index contributed by atoms with van der Waals surface area (Å²) in [6.45, 7) is 0.536. The van der Waals surface area contributed by atoms with E-state index < -0.39 is 11.9 Å². The minimum absolute atomic E-state index is 0. The number of piperidine rings is 1. The molecule has 2 aliphatic heterocycles. The average molecular weight is 569 g/mol. The van der Waals surface area contributed by atoms with Gasteiger partial charge in [0.25, 0.3) is 5.91 Å². The number of ether oxygens (including phenoxy) is 1. The Labute approximate surface area is 236 Å². The zero-order chi connectivity index (χ0) is 25.4. The van der Waals surface area contributed by atoms with Crippen molar-refractivity contribution >= 4 is 23.4 Å². The number of hydrogen-bond acceptors (Lipinski definition) is 5. The number of amides is 3. The van der Waals surface area contributed by atoms with Gasteiger partial charge in [0, 0.05) is 58.3 Å². The van der Waals surface area contributed by atoms with Crippen molar-refractivity contribution in [2.75, 3.05) is 7.11 Å². The Morgan fingerprint density at radius 2 is 1.69 bits per heavy atom. The molecule has 2 aromatic rings. The van der Waals surface area contributed by atoms with Crippen molar-refractivity contribution in [2.45, 2.75) is 63.8 Å². The molecule has 1 atom stereocenters. The molecule has 1 saturated heterocycles. The largest absolute Gasteiger partial charge is 0.699 e. The molecule has 1 unspecified atom stereocenters. The zero-order valence-corrected chi connectivity index (χ0v) is 23.3. The van der Waals surface area contributed by atoms with Gasteiger partial charge in [-0.25, -0.2) is 0 Å². The average Bonchev–Trinajstić information content (AvgIpc) is 3.50. The minimum atomic E-state index is -0.577. The molecule has 36 heavy (non-hydrogen) atoms. The fourth-order valence-corrected chi connectivity index (χ4v) is 4.47. The van der Waals surface area contributed by atoms with E-state index in [9.17, 15) is 14.4 Å². The van der Waals surface area contributed by atoms with Crippen LogP contribution in [0.15, 0.2) is 42.5 Å². The number of carbonyl (C=O) groups excluding carboxylic acids is 3. The maximum absolute atomic E-state index is 12.3. The van der Waals surface area contributed by atoms with E-state index in [1.54, 1.807) is 24.3 Å². The van der Waals surface area contributed by atoms with Crippen molar-refractivity contribution in [3.8, 4) is 5.75 Å². The first-order chi connectivity index (χ1) is 16.9. The molecule has 1 saturated carbocycles. The summed E-state index contributed by atoms with van der Waals surface area (Å²) in [6.07, 6.45) is 5.99. The van der Waals surface area contributed by atoms with E-state index in [4.69, 9.17) is 21.3 Å². The number of nitrogens with zero attached hydrogens (tertiary/aromatic N) is 1. The van der Waals surface area contributed by atoms with Crippen LogP contribution in [0.2, 0.25) is 0 Å². The van der Waals surface area contributed by atoms with E-state index in [1.165, 1.54) is 30.6 Å². The standard InChI is InChI=1S/C14H14N3O3.C11H14NO.CH4O.Y/c15-6-8-1-2-10-9(5-8)7-17(14(10)20)11-3-4-12(18)16-13(11)19;12-9-5-7-11(8-6-9)13-10-3-1-2-4-10;1-2;/h1-2,5,11,15H,3-4,6-7H2,(H,16,18,19);5-8,10,12H,1-4H2;2H,1H3;/q2*-1;;. The topological polar surface area (TPSA) is 144 Å². The van der Waals surface area contributed by atoms with Gasteiger partial charge in [-0.15, -0.1) is 12.2 Å². The zero-order valence-electron chi connectivity index (χ0n) is 20.5. The molecule has 2 aromatic carbocycles. The predicted molar refractivity (Wildman–Crippen MR) is 132 cm³/mol. The Hall–Kier alpha value is -2.33. The number of hydrogen-bond donors (Lipinski definition) is 2.